The molecule has 0 radical (unpaired) electrons. The van der Waals surface area contributed by atoms with Crippen LogP contribution >= 0.6 is 39.3 Å². The lowest BCUT2D eigenvalue weighted by Crippen LogP contribution is -2.50. The fraction of sp³-hybridized carbons (Fsp3) is 0.310. The van der Waals surface area contributed by atoms with E-state index < -0.39 is 6.04 Å². The summed E-state index contributed by atoms with van der Waals surface area (Å²) in [6.07, 6.45) is 2.41. The molecule has 0 aliphatic carbocycles. The number of thioether (sulfide) groups is 1. The van der Waals surface area contributed by atoms with Crippen molar-refractivity contribution in [1.29, 1.82) is 0 Å². The Morgan fingerprint density at radius 1 is 0.972 bits per heavy atom. The molecule has 3 aromatic rings. The summed E-state index contributed by atoms with van der Waals surface area (Å²) in [5.41, 5.74) is 2.02. The second kappa shape index (κ2) is 15.1. The van der Waals surface area contributed by atoms with Gasteiger partial charge >= 0.3 is 0 Å². The van der Waals surface area contributed by atoms with Gasteiger partial charge in [0.2, 0.25) is 11.8 Å². The van der Waals surface area contributed by atoms with Crippen LogP contribution in [0.2, 0.25) is 5.02 Å². The molecule has 7 heteroatoms. The minimum absolute atomic E-state index is 0.0118. The number of benzene rings is 3. The Morgan fingerprint density at radius 2 is 1.67 bits per heavy atom. The van der Waals surface area contributed by atoms with Gasteiger partial charge in [-0.05, 0) is 66.1 Å². The first-order valence-electron chi connectivity index (χ1n) is 12.2. The molecule has 0 saturated carbocycles. The fourth-order valence-corrected chi connectivity index (χ4v) is 5.04. The number of carbonyl (C=O) groups is 2. The summed E-state index contributed by atoms with van der Waals surface area (Å²) in [7, 11) is 0. The lowest BCUT2D eigenvalue weighted by Gasteiger charge is -2.31. The Kier molecular flexibility index (Phi) is 11.9. The number of halogens is 2. The Labute approximate surface area is 231 Å². The topological polar surface area (TPSA) is 49.4 Å². The first-order chi connectivity index (χ1) is 17.5. The lowest BCUT2D eigenvalue weighted by molar-refractivity contribution is -0.141. The van der Waals surface area contributed by atoms with Crippen LogP contribution in [0.15, 0.2) is 88.2 Å². The summed E-state index contributed by atoms with van der Waals surface area (Å²) >= 11 is 11.2. The number of carbonyl (C=O) groups excluding carboxylic acids is 2. The maximum Gasteiger partial charge on any atom is 0.243 e. The van der Waals surface area contributed by atoms with Crippen molar-refractivity contribution in [2.75, 3.05) is 12.3 Å². The fourth-order valence-electron chi connectivity index (χ4n) is 3.79. The predicted octanol–water partition coefficient (Wildman–Crippen LogP) is 7.14. The summed E-state index contributed by atoms with van der Waals surface area (Å²) in [4.78, 5) is 29.8. The van der Waals surface area contributed by atoms with Gasteiger partial charge in [-0.25, -0.2) is 0 Å². The van der Waals surface area contributed by atoms with E-state index in [9.17, 15) is 9.59 Å². The highest BCUT2D eigenvalue weighted by Gasteiger charge is 2.29. The molecule has 0 aliphatic rings. The molecule has 3 aromatic carbocycles. The van der Waals surface area contributed by atoms with Gasteiger partial charge in [-0.15, -0.1) is 11.8 Å². The van der Waals surface area contributed by atoms with E-state index in [1.54, 1.807) is 16.7 Å². The number of nitrogens with one attached hydrogen (secondary N) is 1. The maximum absolute atomic E-state index is 13.6. The van der Waals surface area contributed by atoms with Gasteiger partial charge in [0.25, 0.3) is 0 Å². The third kappa shape index (κ3) is 9.30. The molecule has 3 rings (SSSR count). The van der Waals surface area contributed by atoms with Gasteiger partial charge in [0.1, 0.15) is 6.04 Å². The smallest absolute Gasteiger partial charge is 0.243 e. The van der Waals surface area contributed by atoms with Crippen LogP contribution in [0.5, 0.6) is 0 Å². The van der Waals surface area contributed by atoms with Gasteiger partial charge in [-0.3, -0.25) is 9.59 Å². The minimum Gasteiger partial charge on any atom is -0.354 e. The van der Waals surface area contributed by atoms with Crippen molar-refractivity contribution >= 4 is 51.1 Å². The van der Waals surface area contributed by atoms with Crippen molar-refractivity contribution in [3.8, 4) is 0 Å². The van der Waals surface area contributed by atoms with E-state index in [0.717, 1.165) is 39.1 Å². The van der Waals surface area contributed by atoms with Gasteiger partial charge in [-0.2, -0.15) is 0 Å². The number of amides is 2. The van der Waals surface area contributed by atoms with Crippen molar-refractivity contribution in [3.63, 3.8) is 0 Å². The Bertz CT molecular complexity index is 1090. The molecule has 0 bridgehead atoms. The van der Waals surface area contributed by atoms with Crippen LogP contribution in [0.25, 0.3) is 0 Å². The number of hydrogen-bond donors (Lipinski definition) is 1. The van der Waals surface area contributed by atoms with Crippen LogP contribution in [0.4, 0.5) is 0 Å². The summed E-state index contributed by atoms with van der Waals surface area (Å²) in [6.45, 7) is 2.99. The second-order valence-electron chi connectivity index (χ2n) is 8.55. The molecule has 190 valence electrons. The largest absolute Gasteiger partial charge is 0.354 e. The van der Waals surface area contributed by atoms with Gasteiger partial charge in [0.05, 0.1) is 0 Å². The number of nitrogens with zero attached hydrogens (tertiary/aromatic N) is 1. The van der Waals surface area contributed by atoms with Crippen molar-refractivity contribution < 1.29 is 9.59 Å². The molecular formula is C29H32BrClN2O2S. The highest BCUT2D eigenvalue weighted by molar-refractivity contribution is 9.10. The van der Waals surface area contributed by atoms with E-state index in [1.165, 1.54) is 0 Å². The molecule has 4 nitrogen and oxygen atoms in total. The monoisotopic (exact) mass is 586 g/mol. The van der Waals surface area contributed by atoms with Crippen LogP contribution in [0, 0.1) is 0 Å². The number of hydrogen-bond acceptors (Lipinski definition) is 3. The van der Waals surface area contributed by atoms with E-state index in [1.807, 2.05) is 85.8 Å². The summed E-state index contributed by atoms with van der Waals surface area (Å²) in [6, 6.07) is 24.9. The molecule has 36 heavy (non-hydrogen) atoms. The van der Waals surface area contributed by atoms with Gasteiger partial charge in [0, 0.05) is 40.3 Å². The van der Waals surface area contributed by atoms with Crippen molar-refractivity contribution in [3.05, 3.63) is 99.5 Å². The molecule has 0 aliphatic heterocycles. The number of rotatable bonds is 13. The molecule has 0 saturated heterocycles. The van der Waals surface area contributed by atoms with Crippen LogP contribution in [-0.4, -0.2) is 35.1 Å². The van der Waals surface area contributed by atoms with Crippen molar-refractivity contribution in [2.45, 2.75) is 50.1 Å². The Hall–Kier alpha value is -2.28. The normalized spacial score (nSPS) is 11.6. The van der Waals surface area contributed by atoms with E-state index >= 15 is 0 Å². The summed E-state index contributed by atoms with van der Waals surface area (Å²) < 4.78 is 0.977. The van der Waals surface area contributed by atoms with Crippen LogP contribution in [-0.2, 0) is 22.6 Å². The quantitative estimate of drug-likeness (QED) is 0.171. The second-order valence-corrected chi connectivity index (χ2v) is 11.1. The zero-order valence-corrected chi connectivity index (χ0v) is 23.6. The van der Waals surface area contributed by atoms with Crippen molar-refractivity contribution in [1.82, 2.24) is 10.2 Å². The molecule has 0 aromatic heterocycles. The minimum atomic E-state index is -0.584. The van der Waals surface area contributed by atoms with E-state index in [2.05, 4.69) is 21.2 Å². The lowest BCUT2D eigenvalue weighted by atomic mass is 10.0. The third-order valence-corrected chi connectivity index (χ3v) is 7.58. The molecule has 0 fully saturated rings. The van der Waals surface area contributed by atoms with Crippen LogP contribution < -0.4 is 5.32 Å². The zero-order chi connectivity index (χ0) is 25.8. The molecule has 0 spiro atoms. The van der Waals surface area contributed by atoms with Gasteiger partial charge in [0.15, 0.2) is 0 Å². The molecule has 1 N–H and O–H groups in total. The molecule has 0 heterocycles. The van der Waals surface area contributed by atoms with E-state index in [0.29, 0.717) is 31.0 Å². The molecule has 2 amide bonds. The predicted molar refractivity (Wildman–Crippen MR) is 153 cm³/mol. The van der Waals surface area contributed by atoms with Gasteiger partial charge in [-0.1, -0.05) is 76.9 Å². The maximum atomic E-state index is 13.6. The first kappa shape index (κ1) is 28.3. The standard InChI is InChI=1S/C29H32BrClN2O2S/c1-2-18-32-29(35)27(20-22-7-4-3-5-8-22)33(21-23-10-12-24(30)13-11-23)28(34)9-6-19-36-26-16-14-25(31)15-17-26/h3-5,7-8,10-17,27H,2,6,9,18-21H2,1H3,(H,32,35)/t27-/m0/s1. The van der Waals surface area contributed by atoms with Crippen LogP contribution in [0.1, 0.15) is 37.3 Å². The average molecular weight is 588 g/mol. The van der Waals surface area contributed by atoms with Gasteiger partial charge < -0.3 is 10.2 Å². The SMILES string of the molecule is CCCNC(=O)[C@H](Cc1ccccc1)N(Cc1ccc(Br)cc1)C(=O)CCCSc1ccc(Cl)cc1. The first-order valence-corrected chi connectivity index (χ1v) is 14.4. The zero-order valence-electron chi connectivity index (χ0n) is 20.5. The van der Waals surface area contributed by atoms with E-state index in [4.69, 9.17) is 11.6 Å². The van der Waals surface area contributed by atoms with E-state index in [-0.39, 0.29) is 11.8 Å². The average Bonchev–Trinajstić information content (AvgIpc) is 2.89. The Balaban J connectivity index is 1.76. The van der Waals surface area contributed by atoms with Crippen LogP contribution in [0.3, 0.4) is 0 Å². The third-order valence-electron chi connectivity index (χ3n) is 5.70. The highest BCUT2D eigenvalue weighted by atomic mass is 79.9. The summed E-state index contributed by atoms with van der Waals surface area (Å²) in [5.74, 6) is 0.689. The highest BCUT2D eigenvalue weighted by Crippen LogP contribution is 2.23. The Morgan fingerprint density at radius 3 is 2.33 bits per heavy atom. The molecule has 1 atom stereocenters. The summed E-state index contributed by atoms with van der Waals surface area (Å²) in [5, 5.41) is 3.73. The van der Waals surface area contributed by atoms with Crippen molar-refractivity contribution in [2.24, 2.45) is 0 Å². The molecular weight excluding hydrogens is 556 g/mol. The molecule has 0 unspecified atom stereocenters.